The molecule has 0 aliphatic heterocycles. The van der Waals surface area contributed by atoms with Crippen LogP contribution in [-0.2, 0) is 11.2 Å². The van der Waals surface area contributed by atoms with Crippen LogP contribution < -0.4 is 13.6 Å². The van der Waals surface area contributed by atoms with E-state index in [9.17, 15) is 9.90 Å². The van der Waals surface area contributed by atoms with Crippen molar-refractivity contribution >= 4 is 33.6 Å². The molecule has 0 aliphatic rings. The fourth-order valence-electron chi connectivity index (χ4n) is 3.71. The second kappa shape index (κ2) is 10.7. The molecule has 0 bridgehead atoms. The average molecular weight is 571 g/mol. The van der Waals surface area contributed by atoms with E-state index in [0.717, 1.165) is 28.0 Å². The summed E-state index contributed by atoms with van der Waals surface area (Å²) in [4.78, 5) is 11.4. The fourth-order valence-corrected chi connectivity index (χ4v) is 5.75. The van der Waals surface area contributed by atoms with Crippen LogP contribution >= 0.6 is 0 Å². The molecule has 3 rings (SSSR count). The van der Waals surface area contributed by atoms with Gasteiger partial charge < -0.3 is 23.1 Å². The first-order chi connectivity index (χ1) is 17.8. The lowest BCUT2D eigenvalue weighted by molar-refractivity contribution is -0.141. The van der Waals surface area contributed by atoms with Gasteiger partial charge in [-0.2, -0.15) is 0 Å². The zero-order valence-corrected chi connectivity index (χ0v) is 27.7. The van der Waals surface area contributed by atoms with Crippen LogP contribution in [0.3, 0.4) is 0 Å². The van der Waals surface area contributed by atoms with Crippen LogP contribution in [0.5, 0.6) is 17.2 Å². The third kappa shape index (κ3) is 6.72. The number of benzene rings is 2. The summed E-state index contributed by atoms with van der Waals surface area (Å²) in [5, 5.41) is 10.3. The summed E-state index contributed by atoms with van der Waals surface area (Å²) < 4.78 is 25.5. The summed E-state index contributed by atoms with van der Waals surface area (Å²) in [5.74, 6) is 1.46. The summed E-state index contributed by atoms with van der Waals surface area (Å²) in [6, 6.07) is 11.9. The molecule has 2 aromatic carbocycles. The monoisotopic (exact) mass is 570 g/mol. The lowest BCUT2D eigenvalue weighted by Gasteiger charge is -2.39. The summed E-state index contributed by atoms with van der Waals surface area (Å²) in [6.45, 7) is 24.0. The van der Waals surface area contributed by atoms with Gasteiger partial charge in [0.25, 0.3) is 16.6 Å². The van der Waals surface area contributed by atoms with E-state index in [2.05, 4.69) is 67.7 Å². The number of ether oxygens (including phenoxy) is 1. The minimum atomic E-state index is -2.16. The first-order valence-electron chi connectivity index (χ1n) is 13.6. The van der Waals surface area contributed by atoms with Crippen molar-refractivity contribution in [2.75, 3.05) is 7.11 Å². The van der Waals surface area contributed by atoms with Crippen molar-refractivity contribution in [1.29, 1.82) is 0 Å². The topological polar surface area (TPSA) is 78.1 Å². The quantitative estimate of drug-likeness (QED) is 0.258. The van der Waals surface area contributed by atoms with Gasteiger partial charge in [0.2, 0.25) is 0 Å². The Balaban J connectivity index is 2.12. The molecule has 0 saturated heterocycles. The van der Waals surface area contributed by atoms with Gasteiger partial charge in [-0.1, -0.05) is 48.5 Å². The number of fused-ring (bicyclic) bond motifs is 1. The highest BCUT2D eigenvalue weighted by atomic mass is 28.4. The molecule has 1 aromatic heterocycles. The summed E-state index contributed by atoms with van der Waals surface area (Å²) >= 11 is 0. The minimum Gasteiger partial charge on any atom is -0.541 e. The first-order valence-corrected chi connectivity index (χ1v) is 19.4. The van der Waals surface area contributed by atoms with E-state index >= 15 is 0 Å². The molecule has 8 heteroatoms. The third-order valence-electron chi connectivity index (χ3n) is 8.40. The van der Waals surface area contributed by atoms with Crippen molar-refractivity contribution in [2.45, 2.75) is 91.2 Å². The largest absolute Gasteiger partial charge is 0.541 e. The maximum absolute atomic E-state index is 11.4. The van der Waals surface area contributed by atoms with Crippen LogP contribution in [0.1, 0.15) is 54.0 Å². The number of carbonyl (C=O) groups is 1. The molecule has 1 unspecified atom stereocenters. The fraction of sp³-hybridized carbons (Fsp3) is 0.516. The molecule has 214 valence electrons. The number of furan rings is 1. The van der Waals surface area contributed by atoms with Crippen molar-refractivity contribution in [1.82, 2.24) is 0 Å². The van der Waals surface area contributed by atoms with Crippen molar-refractivity contribution < 1.29 is 27.9 Å². The van der Waals surface area contributed by atoms with Crippen LogP contribution in [0.25, 0.3) is 22.3 Å². The van der Waals surface area contributed by atoms with E-state index < -0.39 is 28.5 Å². The molecule has 0 saturated carbocycles. The van der Waals surface area contributed by atoms with E-state index in [4.69, 9.17) is 18.0 Å². The Morgan fingerprint density at radius 3 is 1.95 bits per heavy atom. The van der Waals surface area contributed by atoms with E-state index in [0.29, 0.717) is 23.5 Å². The number of aliphatic carboxylic acids is 1. The molecule has 1 atom stereocenters. The summed E-state index contributed by atoms with van der Waals surface area (Å²) in [7, 11) is -2.68. The van der Waals surface area contributed by atoms with Crippen molar-refractivity contribution in [3.8, 4) is 28.6 Å². The van der Waals surface area contributed by atoms with Gasteiger partial charge in [0.05, 0.1) is 13.0 Å². The molecule has 1 N–H and O–H groups in total. The highest BCUT2D eigenvalue weighted by Crippen LogP contribution is 2.45. The van der Waals surface area contributed by atoms with Gasteiger partial charge in [0.15, 0.2) is 11.3 Å². The van der Waals surface area contributed by atoms with Crippen LogP contribution in [0.4, 0.5) is 0 Å². The van der Waals surface area contributed by atoms with E-state index in [1.807, 2.05) is 36.4 Å². The van der Waals surface area contributed by atoms with E-state index in [-0.39, 0.29) is 10.1 Å². The SMILES string of the molecule is COc1cc(CC(C)C(=O)O)cc2cc(-c3ccc(O[Si](C)(C)C(C)(C)C)c(O[Si](C)(C)C(C)(C)C)c3)oc12. The Morgan fingerprint density at radius 2 is 1.44 bits per heavy atom. The maximum atomic E-state index is 11.4. The average Bonchev–Trinajstić information content (AvgIpc) is 3.22. The Morgan fingerprint density at radius 1 is 0.872 bits per heavy atom. The van der Waals surface area contributed by atoms with Gasteiger partial charge in [-0.05, 0) is 84.6 Å². The van der Waals surface area contributed by atoms with Crippen LogP contribution in [0.15, 0.2) is 40.8 Å². The Bertz CT molecular complexity index is 1340. The number of carboxylic acid groups (broad SMARTS) is 1. The number of rotatable bonds is 9. The van der Waals surface area contributed by atoms with Crippen molar-refractivity contribution in [3.63, 3.8) is 0 Å². The predicted molar refractivity (Wildman–Crippen MR) is 164 cm³/mol. The zero-order chi connectivity index (χ0) is 29.6. The lowest BCUT2D eigenvalue weighted by Crippen LogP contribution is -2.45. The van der Waals surface area contributed by atoms with Gasteiger partial charge in [-0.3, -0.25) is 4.79 Å². The Hall–Kier alpha value is -2.72. The Kier molecular flexibility index (Phi) is 8.45. The molecular weight excluding hydrogens is 525 g/mol. The van der Waals surface area contributed by atoms with Crippen molar-refractivity contribution in [2.24, 2.45) is 5.92 Å². The van der Waals surface area contributed by atoms with Crippen LogP contribution in [-0.4, -0.2) is 34.8 Å². The molecule has 0 fully saturated rings. The van der Waals surface area contributed by atoms with E-state index in [1.165, 1.54) is 0 Å². The molecule has 3 aromatic rings. The smallest absolute Gasteiger partial charge is 0.306 e. The molecule has 6 nitrogen and oxygen atoms in total. The highest BCUT2D eigenvalue weighted by molar-refractivity contribution is 6.75. The van der Waals surface area contributed by atoms with Gasteiger partial charge in [0.1, 0.15) is 17.3 Å². The number of hydrogen-bond acceptors (Lipinski definition) is 5. The zero-order valence-electron chi connectivity index (χ0n) is 25.7. The first kappa shape index (κ1) is 30.8. The van der Waals surface area contributed by atoms with Gasteiger partial charge in [-0.25, -0.2) is 0 Å². The second-order valence-electron chi connectivity index (χ2n) is 13.7. The van der Waals surface area contributed by atoms with Crippen molar-refractivity contribution in [3.05, 3.63) is 42.0 Å². The predicted octanol–water partition coefficient (Wildman–Crippen LogP) is 9.14. The highest BCUT2D eigenvalue weighted by Gasteiger charge is 2.42. The molecule has 0 spiro atoms. The van der Waals surface area contributed by atoms with Gasteiger partial charge >= 0.3 is 5.97 Å². The number of methoxy groups -OCH3 is 1. The normalized spacial score (nSPS) is 13.8. The van der Waals surface area contributed by atoms with Gasteiger partial charge in [0, 0.05) is 10.9 Å². The number of carboxylic acids is 1. The van der Waals surface area contributed by atoms with E-state index in [1.54, 1.807) is 14.0 Å². The second-order valence-corrected chi connectivity index (χ2v) is 23.1. The molecule has 0 aliphatic carbocycles. The summed E-state index contributed by atoms with van der Waals surface area (Å²) in [5.41, 5.74) is 2.40. The standard InChI is InChI=1S/C31H46O6Si2/c1-20(29(32)33)15-21-16-23-19-25(35-28(23)27(17-21)34-8)22-13-14-24(36-38(9,10)30(2,3)4)26(18-22)37-39(11,12)31(5,6)7/h13-14,16-20H,15H2,1-12H3,(H,32,33). The molecular formula is C31H46O6Si2. The molecule has 39 heavy (non-hydrogen) atoms. The van der Waals surface area contributed by atoms with Crippen LogP contribution in [0, 0.1) is 5.92 Å². The minimum absolute atomic E-state index is 0.0213. The lowest BCUT2D eigenvalue weighted by atomic mass is 10.00. The molecule has 0 radical (unpaired) electrons. The maximum Gasteiger partial charge on any atom is 0.306 e. The molecule has 1 heterocycles. The summed E-state index contributed by atoms with van der Waals surface area (Å²) in [6.07, 6.45) is 0.409. The third-order valence-corrected chi connectivity index (χ3v) is 17.1. The van der Waals surface area contributed by atoms with Crippen LogP contribution in [0.2, 0.25) is 36.3 Å². The molecule has 0 amide bonds. The van der Waals surface area contributed by atoms with Gasteiger partial charge in [-0.15, -0.1) is 0 Å². The Labute approximate surface area is 235 Å². The number of hydrogen-bond donors (Lipinski definition) is 1.